The number of hydrogen-bond donors (Lipinski definition) is 0. The lowest BCUT2D eigenvalue weighted by Crippen LogP contribution is -2.23. The predicted molar refractivity (Wildman–Crippen MR) is 105 cm³/mol. The summed E-state index contributed by atoms with van der Waals surface area (Å²) in [4.78, 5) is 17.8. The SMILES string of the molecule is COCc1cc2nn(Cc3ccc4c(c3)OCO4)c(=O)n2c(-c2ccccc2)n1. The van der Waals surface area contributed by atoms with E-state index in [0.717, 1.165) is 11.1 Å². The Bertz CT molecular complexity index is 1250. The Hall–Kier alpha value is -3.65. The molecule has 8 heteroatoms. The fourth-order valence-corrected chi connectivity index (χ4v) is 3.40. The molecular formula is C21H18N4O4. The average Bonchev–Trinajstić information content (AvgIpc) is 3.33. The number of fused-ring (bicyclic) bond motifs is 2. The standard InChI is InChI=1S/C21H18N4O4/c1-27-12-16-10-19-23-24(11-14-7-8-17-18(9-14)29-13-28-17)21(26)25(19)20(22-16)15-5-3-2-4-6-15/h2-10H,11-13H2,1H3. The zero-order valence-corrected chi connectivity index (χ0v) is 15.7. The van der Waals surface area contributed by atoms with Crippen LogP contribution in [0.4, 0.5) is 0 Å². The van der Waals surface area contributed by atoms with Gasteiger partial charge in [-0.2, -0.15) is 0 Å². The highest BCUT2D eigenvalue weighted by molar-refractivity contribution is 5.59. The first-order valence-corrected chi connectivity index (χ1v) is 9.15. The lowest BCUT2D eigenvalue weighted by Gasteiger charge is -2.06. The summed E-state index contributed by atoms with van der Waals surface area (Å²) in [5, 5.41) is 4.53. The van der Waals surface area contributed by atoms with Crippen LogP contribution in [0.15, 0.2) is 59.4 Å². The minimum Gasteiger partial charge on any atom is -0.454 e. The van der Waals surface area contributed by atoms with Crippen LogP contribution in [0.2, 0.25) is 0 Å². The summed E-state index contributed by atoms with van der Waals surface area (Å²) in [7, 11) is 1.61. The number of rotatable bonds is 5. The van der Waals surface area contributed by atoms with Gasteiger partial charge in [0.1, 0.15) is 5.82 Å². The van der Waals surface area contributed by atoms with E-state index in [2.05, 4.69) is 10.1 Å². The molecule has 1 aliphatic heterocycles. The summed E-state index contributed by atoms with van der Waals surface area (Å²) in [5.41, 5.74) is 2.70. The summed E-state index contributed by atoms with van der Waals surface area (Å²) in [6.45, 7) is 0.853. The summed E-state index contributed by atoms with van der Waals surface area (Å²) in [5.74, 6) is 1.92. The molecule has 0 atom stereocenters. The zero-order chi connectivity index (χ0) is 19.8. The Balaban J connectivity index is 1.62. The van der Waals surface area contributed by atoms with E-state index in [-0.39, 0.29) is 12.5 Å². The molecule has 4 aromatic rings. The molecule has 3 heterocycles. The van der Waals surface area contributed by atoms with E-state index >= 15 is 0 Å². The Morgan fingerprint density at radius 1 is 1.07 bits per heavy atom. The Kier molecular flexibility index (Phi) is 4.25. The van der Waals surface area contributed by atoms with E-state index in [1.165, 1.54) is 9.08 Å². The highest BCUT2D eigenvalue weighted by atomic mass is 16.7. The third-order valence-electron chi connectivity index (χ3n) is 4.71. The average molecular weight is 390 g/mol. The number of methoxy groups -OCH3 is 1. The molecule has 0 unspecified atom stereocenters. The van der Waals surface area contributed by atoms with Crippen molar-refractivity contribution in [1.29, 1.82) is 0 Å². The number of benzene rings is 2. The number of ether oxygens (including phenoxy) is 3. The summed E-state index contributed by atoms with van der Waals surface area (Å²) < 4.78 is 19.0. The third kappa shape index (κ3) is 3.13. The maximum atomic E-state index is 13.2. The van der Waals surface area contributed by atoms with Gasteiger partial charge in [0.05, 0.1) is 18.8 Å². The lowest BCUT2D eigenvalue weighted by molar-refractivity contribution is 0.174. The van der Waals surface area contributed by atoms with Crippen molar-refractivity contribution in [2.75, 3.05) is 13.9 Å². The third-order valence-corrected chi connectivity index (χ3v) is 4.71. The second-order valence-electron chi connectivity index (χ2n) is 6.69. The molecule has 0 saturated heterocycles. The van der Waals surface area contributed by atoms with Crippen LogP contribution in [0.1, 0.15) is 11.3 Å². The molecule has 146 valence electrons. The molecule has 29 heavy (non-hydrogen) atoms. The summed E-state index contributed by atoms with van der Waals surface area (Å²) >= 11 is 0. The number of nitrogens with zero attached hydrogens (tertiary/aromatic N) is 4. The van der Waals surface area contributed by atoms with Gasteiger partial charge in [-0.05, 0) is 17.7 Å². The molecule has 0 aliphatic carbocycles. The van der Waals surface area contributed by atoms with Crippen LogP contribution in [0.3, 0.4) is 0 Å². The van der Waals surface area contributed by atoms with Crippen LogP contribution in [-0.2, 0) is 17.9 Å². The van der Waals surface area contributed by atoms with Crippen molar-refractivity contribution in [1.82, 2.24) is 19.2 Å². The first kappa shape index (κ1) is 17.4. The van der Waals surface area contributed by atoms with Crippen molar-refractivity contribution in [3.05, 3.63) is 76.3 Å². The maximum absolute atomic E-state index is 13.2. The second kappa shape index (κ2) is 7.06. The van der Waals surface area contributed by atoms with Gasteiger partial charge in [0.2, 0.25) is 6.79 Å². The van der Waals surface area contributed by atoms with E-state index in [0.29, 0.717) is 41.8 Å². The van der Waals surface area contributed by atoms with Crippen LogP contribution in [0.25, 0.3) is 17.0 Å². The molecule has 0 amide bonds. The van der Waals surface area contributed by atoms with Crippen LogP contribution in [0, 0.1) is 0 Å². The van der Waals surface area contributed by atoms with Gasteiger partial charge in [-0.15, -0.1) is 5.10 Å². The van der Waals surface area contributed by atoms with Gasteiger partial charge < -0.3 is 14.2 Å². The van der Waals surface area contributed by atoms with Gasteiger partial charge in [-0.3, -0.25) is 0 Å². The predicted octanol–water partition coefficient (Wildman–Crippen LogP) is 2.48. The fourth-order valence-electron chi connectivity index (χ4n) is 3.40. The molecule has 0 spiro atoms. The zero-order valence-electron chi connectivity index (χ0n) is 15.7. The quantitative estimate of drug-likeness (QED) is 0.521. The van der Waals surface area contributed by atoms with E-state index in [4.69, 9.17) is 14.2 Å². The smallest absolute Gasteiger partial charge is 0.352 e. The Morgan fingerprint density at radius 2 is 1.90 bits per heavy atom. The van der Waals surface area contributed by atoms with Crippen molar-refractivity contribution in [3.63, 3.8) is 0 Å². The minimum atomic E-state index is -0.256. The van der Waals surface area contributed by atoms with Gasteiger partial charge in [0.15, 0.2) is 17.1 Å². The molecule has 0 radical (unpaired) electrons. The largest absolute Gasteiger partial charge is 0.454 e. The Morgan fingerprint density at radius 3 is 2.72 bits per heavy atom. The minimum absolute atomic E-state index is 0.210. The van der Waals surface area contributed by atoms with Gasteiger partial charge in [0.25, 0.3) is 0 Å². The Labute approximate surface area is 165 Å². The molecular weight excluding hydrogens is 372 g/mol. The van der Waals surface area contributed by atoms with Gasteiger partial charge >= 0.3 is 5.69 Å². The molecule has 8 nitrogen and oxygen atoms in total. The molecule has 0 N–H and O–H groups in total. The summed E-state index contributed by atoms with van der Waals surface area (Å²) in [6, 6.07) is 17.0. The van der Waals surface area contributed by atoms with Crippen LogP contribution in [-0.4, -0.2) is 33.1 Å². The molecule has 0 bridgehead atoms. The molecule has 2 aromatic heterocycles. The van der Waals surface area contributed by atoms with Gasteiger partial charge in [0, 0.05) is 18.7 Å². The van der Waals surface area contributed by atoms with Crippen molar-refractivity contribution in [2.45, 2.75) is 13.2 Å². The van der Waals surface area contributed by atoms with Gasteiger partial charge in [-0.1, -0.05) is 36.4 Å². The number of hydrogen-bond acceptors (Lipinski definition) is 6. The normalized spacial score (nSPS) is 12.6. The van der Waals surface area contributed by atoms with Gasteiger partial charge in [-0.25, -0.2) is 18.9 Å². The first-order valence-electron chi connectivity index (χ1n) is 9.15. The highest BCUT2D eigenvalue weighted by Gasteiger charge is 2.17. The topological polar surface area (TPSA) is 79.9 Å². The number of aromatic nitrogens is 4. The molecule has 2 aromatic carbocycles. The van der Waals surface area contributed by atoms with Crippen LogP contribution < -0.4 is 15.2 Å². The van der Waals surface area contributed by atoms with Crippen molar-refractivity contribution in [3.8, 4) is 22.9 Å². The van der Waals surface area contributed by atoms with Crippen molar-refractivity contribution < 1.29 is 14.2 Å². The lowest BCUT2D eigenvalue weighted by atomic mass is 10.2. The molecule has 5 rings (SSSR count). The van der Waals surface area contributed by atoms with Crippen molar-refractivity contribution in [2.24, 2.45) is 0 Å². The molecule has 1 aliphatic rings. The van der Waals surface area contributed by atoms with E-state index < -0.39 is 0 Å². The monoisotopic (exact) mass is 390 g/mol. The second-order valence-corrected chi connectivity index (χ2v) is 6.69. The fraction of sp³-hybridized carbons (Fsp3) is 0.190. The van der Waals surface area contributed by atoms with Crippen LogP contribution in [0.5, 0.6) is 11.5 Å². The molecule has 0 fully saturated rings. The molecule has 0 saturated carbocycles. The first-order chi connectivity index (χ1) is 14.2. The maximum Gasteiger partial charge on any atom is 0.352 e. The highest BCUT2D eigenvalue weighted by Crippen LogP contribution is 2.32. The van der Waals surface area contributed by atoms with E-state index in [9.17, 15) is 4.79 Å². The van der Waals surface area contributed by atoms with Crippen molar-refractivity contribution >= 4 is 5.65 Å². The van der Waals surface area contributed by atoms with Crippen LogP contribution >= 0.6 is 0 Å². The summed E-state index contributed by atoms with van der Waals surface area (Å²) in [6.07, 6.45) is 0. The van der Waals surface area contributed by atoms with E-state index in [1.54, 1.807) is 13.2 Å². The van der Waals surface area contributed by atoms with E-state index in [1.807, 2.05) is 48.5 Å².